The monoisotopic (exact) mass is 333 g/mol. The number of carbonyl (C=O) groups excluding carboxylic acids is 1. The summed E-state index contributed by atoms with van der Waals surface area (Å²) in [6, 6.07) is 7.63. The zero-order valence-corrected chi connectivity index (χ0v) is 15.2. The van der Waals surface area contributed by atoms with Crippen LogP contribution in [0.5, 0.6) is 0 Å². The summed E-state index contributed by atoms with van der Waals surface area (Å²) in [5.41, 5.74) is 1.80. The van der Waals surface area contributed by atoms with Crippen LogP contribution in [-0.2, 0) is 14.1 Å². The molecule has 0 radical (unpaired) electrons. The second kappa shape index (κ2) is 6.71. The van der Waals surface area contributed by atoms with Crippen molar-refractivity contribution in [3.63, 3.8) is 0 Å². The first-order valence-electron chi connectivity index (χ1n) is 7.70. The molecule has 0 spiro atoms. The van der Waals surface area contributed by atoms with E-state index < -0.39 is 18.3 Å². The van der Waals surface area contributed by atoms with Crippen molar-refractivity contribution in [1.29, 1.82) is 0 Å². The normalized spacial score (nSPS) is 19.7. The van der Waals surface area contributed by atoms with Crippen LogP contribution in [0.2, 0.25) is 0 Å². The molecule has 124 valence electrons. The number of benzene rings is 1. The number of hydrogen-bond donors (Lipinski definition) is 2. The molecule has 1 N–H and O–H groups in total. The van der Waals surface area contributed by atoms with Crippen LogP contribution in [0.25, 0.3) is 6.08 Å². The number of para-hydroxylation sites is 1. The van der Waals surface area contributed by atoms with E-state index >= 15 is 0 Å². The van der Waals surface area contributed by atoms with Crippen LogP contribution in [0.15, 0.2) is 29.7 Å². The Bertz CT molecular complexity index is 612. The molecule has 0 saturated carbocycles. The number of thiol groups is 1. The summed E-state index contributed by atoms with van der Waals surface area (Å²) in [6.45, 7) is 9.58. The van der Waals surface area contributed by atoms with Crippen LogP contribution >= 0.6 is 12.6 Å². The minimum Gasteiger partial charge on any atom is -0.400 e. The maximum atomic E-state index is 11.4. The molecule has 1 heterocycles. The standard InChI is InChI=1S/C17H24BNO3S/c1-12(20)19-15-9-7-6-8-13(15)10-14(11-23)18-21-16(2,3)17(4,5)22-18/h6-10,23H,11H2,1-5H3,(H,19,20). The molecule has 4 nitrogen and oxygen atoms in total. The van der Waals surface area contributed by atoms with Gasteiger partial charge in [-0.15, -0.1) is 0 Å². The Morgan fingerprint density at radius 3 is 2.30 bits per heavy atom. The number of nitrogens with one attached hydrogen (secondary N) is 1. The molecule has 0 atom stereocenters. The third kappa shape index (κ3) is 4.00. The molecule has 0 bridgehead atoms. The smallest absolute Gasteiger partial charge is 0.400 e. The van der Waals surface area contributed by atoms with E-state index in [4.69, 9.17) is 9.31 Å². The van der Waals surface area contributed by atoms with E-state index in [1.165, 1.54) is 6.92 Å². The largest absolute Gasteiger partial charge is 0.491 e. The van der Waals surface area contributed by atoms with Crippen molar-refractivity contribution in [2.75, 3.05) is 11.1 Å². The van der Waals surface area contributed by atoms with E-state index in [1.54, 1.807) is 0 Å². The number of carbonyl (C=O) groups is 1. The average molecular weight is 333 g/mol. The van der Waals surface area contributed by atoms with Crippen LogP contribution in [0.3, 0.4) is 0 Å². The van der Waals surface area contributed by atoms with E-state index in [0.717, 1.165) is 16.7 Å². The molecular formula is C17H24BNO3S. The van der Waals surface area contributed by atoms with Crippen molar-refractivity contribution < 1.29 is 14.1 Å². The van der Waals surface area contributed by atoms with Gasteiger partial charge in [0.1, 0.15) is 0 Å². The van der Waals surface area contributed by atoms with E-state index in [-0.39, 0.29) is 5.91 Å². The SMILES string of the molecule is CC(=O)Nc1ccccc1C=C(CS)B1OC(C)(C)C(C)(C)O1. The molecule has 1 aliphatic rings. The minimum atomic E-state index is -0.442. The van der Waals surface area contributed by atoms with Crippen molar-refractivity contribution in [2.24, 2.45) is 0 Å². The molecule has 1 fully saturated rings. The first-order chi connectivity index (χ1) is 10.7. The van der Waals surface area contributed by atoms with E-state index in [9.17, 15) is 4.79 Å². The van der Waals surface area contributed by atoms with Gasteiger partial charge in [-0.2, -0.15) is 12.6 Å². The Kier molecular flexibility index (Phi) is 5.28. The van der Waals surface area contributed by atoms with Gasteiger partial charge in [-0.05, 0) is 44.8 Å². The summed E-state index contributed by atoms with van der Waals surface area (Å²) in [6.07, 6.45) is 1.97. The first kappa shape index (κ1) is 18.1. The molecule has 1 saturated heterocycles. The predicted octanol–water partition coefficient (Wildman–Crippen LogP) is 3.59. The molecule has 0 aliphatic carbocycles. The Labute approximate surface area is 144 Å². The van der Waals surface area contributed by atoms with Gasteiger partial charge in [-0.3, -0.25) is 4.79 Å². The molecular weight excluding hydrogens is 309 g/mol. The van der Waals surface area contributed by atoms with Crippen LogP contribution in [0, 0.1) is 0 Å². The highest BCUT2D eigenvalue weighted by molar-refractivity contribution is 7.80. The quantitative estimate of drug-likeness (QED) is 0.654. The lowest BCUT2D eigenvalue weighted by molar-refractivity contribution is -0.114. The molecule has 23 heavy (non-hydrogen) atoms. The molecule has 6 heteroatoms. The van der Waals surface area contributed by atoms with Gasteiger partial charge in [0.25, 0.3) is 0 Å². The predicted molar refractivity (Wildman–Crippen MR) is 98.7 cm³/mol. The third-order valence-corrected chi connectivity index (χ3v) is 4.72. The maximum absolute atomic E-state index is 11.4. The first-order valence-corrected chi connectivity index (χ1v) is 8.33. The fraction of sp³-hybridized carbons (Fsp3) is 0.471. The van der Waals surface area contributed by atoms with E-state index in [1.807, 2.05) is 58.0 Å². The fourth-order valence-corrected chi connectivity index (χ4v) is 2.55. The molecule has 0 aromatic heterocycles. The topological polar surface area (TPSA) is 47.6 Å². The molecule has 1 aromatic carbocycles. The second-order valence-electron chi connectivity index (χ2n) is 6.73. The van der Waals surface area contributed by atoms with Gasteiger partial charge >= 0.3 is 7.12 Å². The number of rotatable bonds is 4. The van der Waals surface area contributed by atoms with Gasteiger partial charge in [0, 0.05) is 18.4 Å². The summed E-state index contributed by atoms with van der Waals surface area (Å²) >= 11 is 4.42. The summed E-state index contributed by atoms with van der Waals surface area (Å²) < 4.78 is 12.2. The van der Waals surface area contributed by atoms with Crippen LogP contribution in [0.4, 0.5) is 5.69 Å². The average Bonchev–Trinajstić information content (AvgIpc) is 2.65. The van der Waals surface area contributed by atoms with Gasteiger partial charge in [0.2, 0.25) is 5.91 Å². The summed E-state index contributed by atoms with van der Waals surface area (Å²) in [5.74, 6) is 0.402. The maximum Gasteiger partial charge on any atom is 0.491 e. The Hall–Kier alpha value is -1.24. The Morgan fingerprint density at radius 2 is 1.78 bits per heavy atom. The van der Waals surface area contributed by atoms with Crippen molar-refractivity contribution in [3.8, 4) is 0 Å². The van der Waals surface area contributed by atoms with Gasteiger partial charge in [0.05, 0.1) is 11.2 Å². The van der Waals surface area contributed by atoms with Crippen molar-refractivity contribution in [2.45, 2.75) is 45.8 Å². The lowest BCUT2D eigenvalue weighted by atomic mass is 9.78. The lowest BCUT2D eigenvalue weighted by Gasteiger charge is -2.32. The molecule has 0 unspecified atom stereocenters. The zero-order valence-electron chi connectivity index (χ0n) is 14.3. The minimum absolute atomic E-state index is 0.103. The number of anilines is 1. The van der Waals surface area contributed by atoms with Crippen LogP contribution in [-0.4, -0.2) is 30.0 Å². The lowest BCUT2D eigenvalue weighted by Crippen LogP contribution is -2.41. The third-order valence-electron chi connectivity index (χ3n) is 4.35. The number of hydrogen-bond acceptors (Lipinski definition) is 4. The Balaban J connectivity index is 2.32. The van der Waals surface area contributed by atoms with E-state index in [0.29, 0.717) is 5.75 Å². The van der Waals surface area contributed by atoms with E-state index in [2.05, 4.69) is 17.9 Å². The summed E-state index contributed by atoms with van der Waals surface area (Å²) in [4.78, 5) is 11.4. The highest BCUT2D eigenvalue weighted by Gasteiger charge is 2.52. The molecule has 1 aliphatic heterocycles. The van der Waals surface area contributed by atoms with Crippen LogP contribution < -0.4 is 5.32 Å². The van der Waals surface area contributed by atoms with Crippen molar-refractivity contribution in [3.05, 3.63) is 35.3 Å². The van der Waals surface area contributed by atoms with Crippen molar-refractivity contribution >= 4 is 37.4 Å². The van der Waals surface area contributed by atoms with Gasteiger partial charge in [0.15, 0.2) is 0 Å². The highest BCUT2D eigenvalue weighted by Crippen LogP contribution is 2.39. The van der Waals surface area contributed by atoms with Crippen LogP contribution in [0.1, 0.15) is 40.2 Å². The molecule has 1 amide bonds. The highest BCUT2D eigenvalue weighted by atomic mass is 32.1. The fourth-order valence-electron chi connectivity index (χ4n) is 2.31. The van der Waals surface area contributed by atoms with Gasteiger partial charge < -0.3 is 14.6 Å². The second-order valence-corrected chi connectivity index (χ2v) is 7.05. The summed E-state index contributed by atoms with van der Waals surface area (Å²) in [7, 11) is -0.442. The number of amides is 1. The molecule has 1 aromatic rings. The van der Waals surface area contributed by atoms with Gasteiger partial charge in [-0.25, -0.2) is 0 Å². The summed E-state index contributed by atoms with van der Waals surface area (Å²) in [5, 5.41) is 2.84. The van der Waals surface area contributed by atoms with Gasteiger partial charge in [-0.1, -0.05) is 24.3 Å². The molecule has 2 rings (SSSR count). The zero-order chi connectivity index (χ0) is 17.3. The van der Waals surface area contributed by atoms with Crippen molar-refractivity contribution in [1.82, 2.24) is 0 Å². The Morgan fingerprint density at radius 1 is 1.22 bits per heavy atom.